The first-order valence-corrected chi connectivity index (χ1v) is 8.87. The lowest BCUT2D eigenvalue weighted by atomic mass is 10.2. The minimum Gasteiger partial charge on any atom is -0.383 e. The highest BCUT2D eigenvalue weighted by molar-refractivity contribution is 9.10. The zero-order valence-electron chi connectivity index (χ0n) is 12.3. The van der Waals surface area contributed by atoms with Crippen molar-refractivity contribution in [2.75, 3.05) is 18.4 Å². The van der Waals surface area contributed by atoms with E-state index in [9.17, 15) is 4.79 Å². The number of thiophene rings is 1. The van der Waals surface area contributed by atoms with Crippen LogP contribution in [0.25, 0.3) is 11.0 Å². The second-order valence-corrected chi connectivity index (χ2v) is 6.76. The molecule has 3 aromatic heterocycles. The second kappa shape index (κ2) is 7.52. The van der Waals surface area contributed by atoms with Gasteiger partial charge in [-0.3, -0.25) is 14.8 Å². The lowest BCUT2D eigenvalue weighted by molar-refractivity contribution is 0.0957. The van der Waals surface area contributed by atoms with Crippen molar-refractivity contribution in [2.24, 2.45) is 0 Å². The number of hydrogen-bond donors (Lipinski definition) is 2. The molecule has 0 saturated heterocycles. The number of carbonyl (C=O) groups excluding carboxylic acids is 1. The smallest absolute Gasteiger partial charge is 0.261 e. The van der Waals surface area contributed by atoms with Gasteiger partial charge in [-0.2, -0.15) is 0 Å². The van der Waals surface area contributed by atoms with Gasteiger partial charge in [0.1, 0.15) is 5.52 Å². The number of aromatic nitrogens is 2. The Balaban J connectivity index is 1.50. The van der Waals surface area contributed by atoms with Crippen molar-refractivity contribution < 1.29 is 4.79 Å². The fourth-order valence-electron chi connectivity index (χ4n) is 2.16. The molecular formula is C16H15BrN4OS. The van der Waals surface area contributed by atoms with Crippen LogP contribution in [0.1, 0.15) is 16.1 Å². The van der Waals surface area contributed by atoms with Crippen molar-refractivity contribution in [2.45, 2.75) is 6.42 Å². The van der Waals surface area contributed by atoms with E-state index >= 15 is 0 Å². The standard InChI is InChI=1S/C16H15BrN4OS/c17-11-9-13-15(21-10-11)12(4-7-19-13)18-5-2-6-20-16(22)14-3-1-8-23-14/h1,3-4,7-10H,2,5-6H2,(H,18,19)(H,20,22). The number of anilines is 1. The molecule has 7 heteroatoms. The molecule has 3 rings (SSSR count). The van der Waals surface area contributed by atoms with Gasteiger partial charge < -0.3 is 10.6 Å². The molecule has 0 saturated carbocycles. The number of nitrogens with zero attached hydrogens (tertiary/aromatic N) is 2. The van der Waals surface area contributed by atoms with Crippen LogP contribution in [-0.4, -0.2) is 29.0 Å². The van der Waals surface area contributed by atoms with E-state index in [1.54, 1.807) is 12.4 Å². The molecule has 1 amide bonds. The predicted molar refractivity (Wildman–Crippen MR) is 97.0 cm³/mol. The van der Waals surface area contributed by atoms with Gasteiger partial charge >= 0.3 is 0 Å². The van der Waals surface area contributed by atoms with Gasteiger partial charge in [0.2, 0.25) is 0 Å². The number of halogens is 1. The fourth-order valence-corrected chi connectivity index (χ4v) is 3.12. The summed E-state index contributed by atoms with van der Waals surface area (Å²) in [5, 5.41) is 8.16. The van der Waals surface area contributed by atoms with Gasteiger partial charge in [0.15, 0.2) is 0 Å². The molecular weight excluding hydrogens is 376 g/mol. The Morgan fingerprint density at radius 1 is 1.26 bits per heavy atom. The highest BCUT2D eigenvalue weighted by Crippen LogP contribution is 2.21. The maximum absolute atomic E-state index is 11.8. The van der Waals surface area contributed by atoms with Gasteiger partial charge in [0.25, 0.3) is 5.91 Å². The highest BCUT2D eigenvalue weighted by Gasteiger charge is 2.06. The summed E-state index contributed by atoms with van der Waals surface area (Å²) in [7, 11) is 0. The molecule has 0 radical (unpaired) electrons. The summed E-state index contributed by atoms with van der Waals surface area (Å²) in [6.45, 7) is 1.38. The molecule has 0 unspecified atom stereocenters. The summed E-state index contributed by atoms with van der Waals surface area (Å²) in [6.07, 6.45) is 4.35. The van der Waals surface area contributed by atoms with Gasteiger partial charge in [-0.25, -0.2) is 0 Å². The minimum absolute atomic E-state index is 0.0131. The Kier molecular flexibility index (Phi) is 5.19. The Morgan fingerprint density at radius 2 is 2.17 bits per heavy atom. The zero-order chi connectivity index (χ0) is 16.1. The maximum Gasteiger partial charge on any atom is 0.261 e. The van der Waals surface area contributed by atoms with Crippen molar-refractivity contribution in [3.63, 3.8) is 0 Å². The van der Waals surface area contributed by atoms with Crippen LogP contribution < -0.4 is 10.6 Å². The molecule has 0 atom stereocenters. The van der Waals surface area contributed by atoms with E-state index in [0.717, 1.165) is 39.0 Å². The third-order valence-corrected chi connectivity index (χ3v) is 4.55. The van der Waals surface area contributed by atoms with Gasteiger partial charge in [0.05, 0.1) is 16.1 Å². The molecule has 118 valence electrons. The lowest BCUT2D eigenvalue weighted by Crippen LogP contribution is -2.25. The van der Waals surface area contributed by atoms with Crippen molar-refractivity contribution >= 4 is 49.9 Å². The number of amides is 1. The average molecular weight is 391 g/mol. The predicted octanol–water partition coefficient (Wildman–Crippen LogP) is 3.69. The van der Waals surface area contributed by atoms with Crippen LogP contribution in [0.15, 0.2) is 46.5 Å². The quantitative estimate of drug-likeness (QED) is 0.629. The number of nitrogens with one attached hydrogen (secondary N) is 2. The summed E-state index contributed by atoms with van der Waals surface area (Å²) >= 11 is 4.85. The molecule has 5 nitrogen and oxygen atoms in total. The summed E-state index contributed by atoms with van der Waals surface area (Å²) in [5.41, 5.74) is 2.64. The SMILES string of the molecule is O=C(NCCCNc1ccnc2cc(Br)cnc12)c1cccs1. The zero-order valence-corrected chi connectivity index (χ0v) is 14.7. The Hall–Kier alpha value is -1.99. The van der Waals surface area contributed by atoms with Crippen molar-refractivity contribution in [1.82, 2.24) is 15.3 Å². The number of rotatable bonds is 6. The van der Waals surface area contributed by atoms with Gasteiger partial charge in [0, 0.05) is 30.0 Å². The molecule has 0 aliphatic heterocycles. The number of fused-ring (bicyclic) bond motifs is 1. The highest BCUT2D eigenvalue weighted by atomic mass is 79.9. The molecule has 0 aliphatic rings. The molecule has 0 spiro atoms. The normalized spacial score (nSPS) is 10.7. The van der Waals surface area contributed by atoms with Crippen molar-refractivity contribution in [3.05, 3.63) is 51.4 Å². The summed E-state index contributed by atoms with van der Waals surface area (Å²) in [4.78, 5) is 21.3. The first-order chi connectivity index (χ1) is 11.2. The minimum atomic E-state index is -0.0131. The van der Waals surface area contributed by atoms with Crippen LogP contribution in [-0.2, 0) is 0 Å². The van der Waals surface area contributed by atoms with Crippen LogP contribution >= 0.6 is 27.3 Å². The first kappa shape index (κ1) is 15.9. The van der Waals surface area contributed by atoms with Crippen LogP contribution in [0.2, 0.25) is 0 Å². The third-order valence-electron chi connectivity index (χ3n) is 3.24. The molecule has 0 bridgehead atoms. The van der Waals surface area contributed by atoms with Gasteiger partial charge in [-0.15, -0.1) is 11.3 Å². The van der Waals surface area contributed by atoms with E-state index in [1.807, 2.05) is 29.6 Å². The van der Waals surface area contributed by atoms with Gasteiger partial charge in [-0.1, -0.05) is 6.07 Å². The molecule has 3 heterocycles. The van der Waals surface area contributed by atoms with E-state index in [-0.39, 0.29) is 5.91 Å². The van der Waals surface area contributed by atoms with E-state index in [1.165, 1.54) is 11.3 Å². The Morgan fingerprint density at radius 3 is 3.00 bits per heavy atom. The van der Waals surface area contributed by atoms with Gasteiger partial charge in [-0.05, 0) is 45.9 Å². The van der Waals surface area contributed by atoms with E-state index < -0.39 is 0 Å². The van der Waals surface area contributed by atoms with E-state index in [2.05, 4.69) is 36.5 Å². The van der Waals surface area contributed by atoms with Crippen LogP contribution in [0.5, 0.6) is 0 Å². The topological polar surface area (TPSA) is 66.9 Å². The Bertz CT molecular complexity index is 807. The summed E-state index contributed by atoms with van der Waals surface area (Å²) < 4.78 is 0.908. The van der Waals surface area contributed by atoms with Crippen LogP contribution in [0.3, 0.4) is 0 Å². The van der Waals surface area contributed by atoms with Crippen molar-refractivity contribution in [3.8, 4) is 0 Å². The maximum atomic E-state index is 11.8. The first-order valence-electron chi connectivity index (χ1n) is 7.20. The summed E-state index contributed by atoms with van der Waals surface area (Å²) in [5.74, 6) is -0.0131. The van der Waals surface area contributed by atoms with E-state index in [4.69, 9.17) is 0 Å². The third kappa shape index (κ3) is 4.05. The second-order valence-electron chi connectivity index (χ2n) is 4.89. The molecule has 0 aromatic carbocycles. The molecule has 0 aliphatic carbocycles. The monoisotopic (exact) mass is 390 g/mol. The van der Waals surface area contributed by atoms with Crippen LogP contribution in [0.4, 0.5) is 5.69 Å². The number of carbonyl (C=O) groups is 1. The number of pyridine rings is 2. The Labute approximate surface area is 146 Å². The lowest BCUT2D eigenvalue weighted by Gasteiger charge is -2.09. The molecule has 2 N–H and O–H groups in total. The average Bonchev–Trinajstić information content (AvgIpc) is 3.08. The number of hydrogen-bond acceptors (Lipinski definition) is 5. The molecule has 0 fully saturated rings. The van der Waals surface area contributed by atoms with Crippen LogP contribution in [0, 0.1) is 0 Å². The molecule has 3 aromatic rings. The molecule has 23 heavy (non-hydrogen) atoms. The summed E-state index contributed by atoms with van der Waals surface area (Å²) in [6, 6.07) is 7.55. The van der Waals surface area contributed by atoms with Crippen molar-refractivity contribution in [1.29, 1.82) is 0 Å². The fraction of sp³-hybridized carbons (Fsp3) is 0.188. The van der Waals surface area contributed by atoms with E-state index in [0.29, 0.717) is 6.54 Å². The largest absolute Gasteiger partial charge is 0.383 e.